The summed E-state index contributed by atoms with van der Waals surface area (Å²) in [7, 11) is 1.21. The highest BCUT2D eigenvalue weighted by molar-refractivity contribution is 5.96. The summed E-state index contributed by atoms with van der Waals surface area (Å²) in [5.41, 5.74) is -0.0616. The largest absolute Gasteiger partial charge is 0.467 e. The molecule has 0 saturated heterocycles. The second-order valence-electron chi connectivity index (χ2n) is 4.35. The van der Waals surface area contributed by atoms with Gasteiger partial charge in [-0.05, 0) is 24.1 Å². The van der Waals surface area contributed by atoms with Gasteiger partial charge in [0.1, 0.15) is 6.04 Å². The Morgan fingerprint density at radius 2 is 1.84 bits per heavy atom. The third kappa shape index (κ3) is 3.74. The standard InChI is InChI=1S/C13H15F2NO3/c1-7(2)11(13(18)19-3)16-12(17)8-4-5-9(14)10(15)6-8/h4-7,11H,1-3H3,(H,16,17)/t11-/m0/s1. The van der Waals surface area contributed by atoms with Crippen molar-refractivity contribution >= 4 is 11.9 Å². The maximum atomic E-state index is 13.0. The third-order valence-electron chi connectivity index (χ3n) is 2.59. The van der Waals surface area contributed by atoms with Gasteiger partial charge in [0, 0.05) is 5.56 Å². The van der Waals surface area contributed by atoms with Gasteiger partial charge in [0.05, 0.1) is 7.11 Å². The van der Waals surface area contributed by atoms with Gasteiger partial charge < -0.3 is 10.1 Å². The molecule has 0 unspecified atom stereocenters. The molecule has 4 nitrogen and oxygen atoms in total. The van der Waals surface area contributed by atoms with Crippen LogP contribution in [-0.2, 0) is 9.53 Å². The van der Waals surface area contributed by atoms with Gasteiger partial charge in [-0.25, -0.2) is 13.6 Å². The second-order valence-corrected chi connectivity index (χ2v) is 4.35. The number of amides is 1. The predicted octanol–water partition coefficient (Wildman–Crippen LogP) is 1.89. The molecule has 0 spiro atoms. The van der Waals surface area contributed by atoms with E-state index in [0.29, 0.717) is 0 Å². The number of hydrogen-bond acceptors (Lipinski definition) is 3. The smallest absolute Gasteiger partial charge is 0.328 e. The van der Waals surface area contributed by atoms with Crippen LogP contribution in [0.2, 0.25) is 0 Å². The van der Waals surface area contributed by atoms with Crippen LogP contribution in [0, 0.1) is 17.6 Å². The average Bonchev–Trinajstić information content (AvgIpc) is 2.37. The molecule has 0 aliphatic heterocycles. The normalized spacial score (nSPS) is 12.1. The quantitative estimate of drug-likeness (QED) is 0.851. The van der Waals surface area contributed by atoms with Crippen LogP contribution in [0.4, 0.5) is 8.78 Å². The second kappa shape index (κ2) is 6.26. The van der Waals surface area contributed by atoms with E-state index in [0.717, 1.165) is 18.2 Å². The minimum atomic E-state index is -1.12. The number of hydrogen-bond donors (Lipinski definition) is 1. The molecule has 0 bridgehead atoms. The van der Waals surface area contributed by atoms with E-state index in [1.54, 1.807) is 13.8 Å². The molecule has 1 amide bonds. The van der Waals surface area contributed by atoms with Crippen LogP contribution in [0.25, 0.3) is 0 Å². The first-order valence-electron chi connectivity index (χ1n) is 5.70. The van der Waals surface area contributed by atoms with Crippen LogP contribution in [-0.4, -0.2) is 25.0 Å². The van der Waals surface area contributed by atoms with Crippen molar-refractivity contribution in [1.82, 2.24) is 5.32 Å². The number of methoxy groups -OCH3 is 1. The molecule has 104 valence electrons. The lowest BCUT2D eigenvalue weighted by atomic mass is 10.0. The number of carbonyl (C=O) groups is 2. The van der Waals surface area contributed by atoms with E-state index in [-0.39, 0.29) is 11.5 Å². The van der Waals surface area contributed by atoms with Crippen LogP contribution in [0.5, 0.6) is 0 Å². The number of ether oxygens (including phenoxy) is 1. The molecular formula is C13H15F2NO3. The Balaban J connectivity index is 2.87. The number of nitrogens with one attached hydrogen (secondary N) is 1. The maximum Gasteiger partial charge on any atom is 0.328 e. The summed E-state index contributed by atoms with van der Waals surface area (Å²) < 4.78 is 30.3. The van der Waals surface area contributed by atoms with Gasteiger partial charge in [-0.2, -0.15) is 0 Å². The van der Waals surface area contributed by atoms with Crippen LogP contribution < -0.4 is 5.32 Å². The van der Waals surface area contributed by atoms with E-state index in [1.165, 1.54) is 7.11 Å². The lowest BCUT2D eigenvalue weighted by Gasteiger charge is -2.19. The summed E-state index contributed by atoms with van der Waals surface area (Å²) in [6.45, 7) is 3.46. The molecule has 0 aromatic heterocycles. The predicted molar refractivity (Wildman–Crippen MR) is 64.5 cm³/mol. The number of halogens is 2. The average molecular weight is 271 g/mol. The summed E-state index contributed by atoms with van der Waals surface area (Å²) >= 11 is 0. The molecule has 1 aromatic rings. The number of carbonyl (C=O) groups excluding carboxylic acids is 2. The van der Waals surface area contributed by atoms with Crippen LogP contribution in [0.15, 0.2) is 18.2 Å². The van der Waals surface area contributed by atoms with E-state index in [2.05, 4.69) is 10.1 Å². The monoisotopic (exact) mass is 271 g/mol. The lowest BCUT2D eigenvalue weighted by molar-refractivity contribution is -0.144. The van der Waals surface area contributed by atoms with Crippen molar-refractivity contribution in [2.45, 2.75) is 19.9 Å². The molecule has 0 radical (unpaired) electrons. The Labute approximate surface area is 109 Å². The number of benzene rings is 1. The minimum absolute atomic E-state index is 0.0616. The molecular weight excluding hydrogens is 256 g/mol. The van der Waals surface area contributed by atoms with Crippen molar-refractivity contribution in [3.63, 3.8) is 0 Å². The van der Waals surface area contributed by atoms with Crippen LogP contribution in [0.1, 0.15) is 24.2 Å². The summed E-state index contributed by atoms with van der Waals surface area (Å²) in [6, 6.07) is 1.93. The highest BCUT2D eigenvalue weighted by atomic mass is 19.2. The molecule has 0 fully saturated rings. The topological polar surface area (TPSA) is 55.4 Å². The van der Waals surface area contributed by atoms with Gasteiger partial charge in [-0.15, -0.1) is 0 Å². The summed E-state index contributed by atoms with van der Waals surface area (Å²) in [6.07, 6.45) is 0. The lowest BCUT2D eigenvalue weighted by Crippen LogP contribution is -2.45. The van der Waals surface area contributed by atoms with Gasteiger partial charge in [0.25, 0.3) is 5.91 Å². The zero-order valence-corrected chi connectivity index (χ0v) is 10.9. The molecule has 0 aliphatic carbocycles. The fourth-order valence-electron chi connectivity index (χ4n) is 1.49. The van der Waals surface area contributed by atoms with Gasteiger partial charge in [0.15, 0.2) is 11.6 Å². The van der Waals surface area contributed by atoms with Crippen molar-refractivity contribution in [2.75, 3.05) is 7.11 Å². The molecule has 1 rings (SSSR count). The molecule has 0 heterocycles. The fraction of sp³-hybridized carbons (Fsp3) is 0.385. The highest BCUT2D eigenvalue weighted by Gasteiger charge is 2.25. The molecule has 6 heteroatoms. The minimum Gasteiger partial charge on any atom is -0.467 e. The molecule has 1 N–H and O–H groups in total. The first kappa shape index (κ1) is 15.1. The van der Waals surface area contributed by atoms with Crippen LogP contribution >= 0.6 is 0 Å². The van der Waals surface area contributed by atoms with Gasteiger partial charge in [-0.3, -0.25) is 4.79 Å². The van der Waals surface area contributed by atoms with E-state index in [1.807, 2.05) is 0 Å². The van der Waals surface area contributed by atoms with E-state index in [9.17, 15) is 18.4 Å². The van der Waals surface area contributed by atoms with Gasteiger partial charge in [-0.1, -0.05) is 13.8 Å². The third-order valence-corrected chi connectivity index (χ3v) is 2.59. The Morgan fingerprint density at radius 3 is 2.32 bits per heavy atom. The molecule has 1 atom stereocenters. The number of rotatable bonds is 4. The maximum absolute atomic E-state index is 13.0. The summed E-state index contributed by atoms with van der Waals surface area (Å²) in [5.74, 6) is -3.60. The first-order chi connectivity index (χ1) is 8.86. The first-order valence-corrected chi connectivity index (χ1v) is 5.70. The van der Waals surface area contributed by atoms with Crippen molar-refractivity contribution in [3.8, 4) is 0 Å². The van der Waals surface area contributed by atoms with Crippen molar-refractivity contribution in [2.24, 2.45) is 5.92 Å². The molecule has 1 aromatic carbocycles. The Kier molecular flexibility index (Phi) is 4.97. The fourth-order valence-corrected chi connectivity index (χ4v) is 1.49. The van der Waals surface area contributed by atoms with Crippen molar-refractivity contribution in [1.29, 1.82) is 0 Å². The SMILES string of the molecule is COC(=O)[C@@H](NC(=O)c1ccc(F)c(F)c1)C(C)C. The Bertz CT molecular complexity index is 489. The van der Waals surface area contributed by atoms with E-state index < -0.39 is 29.6 Å². The van der Waals surface area contributed by atoms with Crippen molar-refractivity contribution in [3.05, 3.63) is 35.4 Å². The zero-order valence-electron chi connectivity index (χ0n) is 10.9. The zero-order chi connectivity index (χ0) is 14.6. The highest BCUT2D eigenvalue weighted by Crippen LogP contribution is 2.10. The van der Waals surface area contributed by atoms with Crippen molar-refractivity contribution < 1.29 is 23.1 Å². The molecule has 0 saturated carbocycles. The Hall–Kier alpha value is -1.98. The molecule has 0 aliphatic rings. The van der Waals surface area contributed by atoms with Gasteiger partial charge in [0.2, 0.25) is 0 Å². The Morgan fingerprint density at radius 1 is 1.21 bits per heavy atom. The summed E-state index contributed by atoms with van der Waals surface area (Å²) in [4.78, 5) is 23.3. The van der Waals surface area contributed by atoms with E-state index >= 15 is 0 Å². The van der Waals surface area contributed by atoms with E-state index in [4.69, 9.17) is 0 Å². The molecule has 19 heavy (non-hydrogen) atoms. The van der Waals surface area contributed by atoms with Crippen LogP contribution in [0.3, 0.4) is 0 Å². The number of esters is 1. The summed E-state index contributed by atoms with van der Waals surface area (Å²) in [5, 5.41) is 2.43. The van der Waals surface area contributed by atoms with Gasteiger partial charge >= 0.3 is 5.97 Å².